The Morgan fingerprint density at radius 3 is 2.11 bits per heavy atom. The zero-order chi connectivity index (χ0) is 12.8. The fraction of sp³-hybridized carbons (Fsp3) is 0.533. The number of hydrogen-bond acceptors (Lipinski definition) is 2. The number of nitriles is 1. The van der Waals surface area contributed by atoms with Gasteiger partial charge in [0, 0.05) is 5.69 Å². The summed E-state index contributed by atoms with van der Waals surface area (Å²) in [7, 11) is 0. The Labute approximate surface area is 108 Å². The van der Waals surface area contributed by atoms with Gasteiger partial charge in [0.25, 0.3) is 0 Å². The second-order valence-electron chi connectivity index (χ2n) is 5.09. The Morgan fingerprint density at radius 1 is 1.00 bits per heavy atom. The van der Waals surface area contributed by atoms with Crippen LogP contribution in [0.5, 0.6) is 0 Å². The van der Waals surface area contributed by atoms with Gasteiger partial charge in [-0.1, -0.05) is 32.1 Å². The molecule has 2 nitrogen and oxygen atoms in total. The van der Waals surface area contributed by atoms with Crippen LogP contribution in [0.4, 0.5) is 10.1 Å². The Morgan fingerprint density at radius 2 is 1.56 bits per heavy atom. The summed E-state index contributed by atoms with van der Waals surface area (Å²) in [6.45, 7) is 0. The summed E-state index contributed by atoms with van der Waals surface area (Å²) in [5, 5.41) is 12.8. The first-order valence-electron chi connectivity index (χ1n) is 6.69. The van der Waals surface area contributed by atoms with Crippen LogP contribution in [0.3, 0.4) is 0 Å². The van der Waals surface area contributed by atoms with Crippen LogP contribution in [-0.2, 0) is 0 Å². The average molecular weight is 246 g/mol. The van der Waals surface area contributed by atoms with Crippen LogP contribution in [0.1, 0.15) is 44.9 Å². The van der Waals surface area contributed by atoms with Gasteiger partial charge in [0.15, 0.2) is 0 Å². The fourth-order valence-corrected chi connectivity index (χ4v) is 2.58. The van der Waals surface area contributed by atoms with Gasteiger partial charge in [-0.05, 0) is 37.1 Å². The first-order chi connectivity index (χ1) is 8.74. The molecule has 18 heavy (non-hydrogen) atoms. The minimum absolute atomic E-state index is 0.246. The molecule has 0 unspecified atom stereocenters. The van der Waals surface area contributed by atoms with Gasteiger partial charge in [-0.2, -0.15) is 5.26 Å². The van der Waals surface area contributed by atoms with Crippen molar-refractivity contribution in [2.75, 3.05) is 5.32 Å². The van der Waals surface area contributed by atoms with E-state index in [9.17, 15) is 9.65 Å². The van der Waals surface area contributed by atoms with Crippen molar-refractivity contribution in [3.63, 3.8) is 0 Å². The van der Waals surface area contributed by atoms with Crippen molar-refractivity contribution in [3.8, 4) is 6.07 Å². The van der Waals surface area contributed by atoms with Gasteiger partial charge >= 0.3 is 0 Å². The molecule has 0 aromatic heterocycles. The third kappa shape index (κ3) is 3.22. The van der Waals surface area contributed by atoms with Gasteiger partial charge in [0.05, 0.1) is 6.07 Å². The van der Waals surface area contributed by atoms with Crippen LogP contribution in [-0.4, -0.2) is 5.54 Å². The second-order valence-corrected chi connectivity index (χ2v) is 5.09. The monoisotopic (exact) mass is 246 g/mol. The molecule has 0 atom stereocenters. The third-order valence-electron chi connectivity index (χ3n) is 3.65. The van der Waals surface area contributed by atoms with Crippen molar-refractivity contribution >= 4 is 5.69 Å². The molecule has 0 spiro atoms. The molecule has 2 rings (SSSR count). The standard InChI is InChI=1S/C15H19FN2/c16-13-6-8-14(9-7-13)18-15(12-17)10-4-2-1-3-5-11-15/h6-9,18H,1-5,10-11H2. The first-order valence-corrected chi connectivity index (χ1v) is 6.69. The zero-order valence-electron chi connectivity index (χ0n) is 10.6. The smallest absolute Gasteiger partial charge is 0.125 e. The van der Waals surface area contributed by atoms with Gasteiger partial charge in [-0.3, -0.25) is 0 Å². The van der Waals surface area contributed by atoms with Gasteiger partial charge in [-0.25, -0.2) is 4.39 Å². The highest BCUT2D eigenvalue weighted by Crippen LogP contribution is 2.29. The highest BCUT2D eigenvalue weighted by Gasteiger charge is 2.29. The average Bonchev–Trinajstić information content (AvgIpc) is 2.36. The lowest BCUT2D eigenvalue weighted by Crippen LogP contribution is -2.37. The molecule has 0 saturated heterocycles. The van der Waals surface area contributed by atoms with Crippen LogP contribution >= 0.6 is 0 Å². The summed E-state index contributed by atoms with van der Waals surface area (Å²) in [6, 6.07) is 8.70. The fourth-order valence-electron chi connectivity index (χ4n) is 2.58. The van der Waals surface area contributed by atoms with E-state index in [0.29, 0.717) is 0 Å². The Balaban J connectivity index is 2.11. The predicted octanol–water partition coefficient (Wildman–Crippen LogP) is 4.24. The molecule has 0 amide bonds. The highest BCUT2D eigenvalue weighted by atomic mass is 19.1. The largest absolute Gasteiger partial charge is 0.367 e. The molecular weight excluding hydrogens is 227 g/mol. The van der Waals surface area contributed by atoms with E-state index < -0.39 is 5.54 Å². The Kier molecular flexibility index (Phi) is 4.19. The molecule has 1 N–H and O–H groups in total. The summed E-state index contributed by atoms with van der Waals surface area (Å²) >= 11 is 0. The quantitative estimate of drug-likeness (QED) is 0.847. The van der Waals surface area contributed by atoms with Gasteiger partial charge < -0.3 is 5.32 Å². The third-order valence-corrected chi connectivity index (χ3v) is 3.65. The van der Waals surface area contributed by atoms with E-state index in [1.54, 1.807) is 12.1 Å². The molecular formula is C15H19FN2. The molecule has 96 valence electrons. The number of benzene rings is 1. The lowest BCUT2D eigenvalue weighted by atomic mass is 9.85. The number of anilines is 1. The van der Waals surface area contributed by atoms with Crippen molar-refractivity contribution in [1.29, 1.82) is 5.26 Å². The summed E-state index contributed by atoms with van der Waals surface area (Å²) < 4.78 is 12.9. The number of hydrogen-bond donors (Lipinski definition) is 1. The summed E-state index contributed by atoms with van der Waals surface area (Å²) in [6.07, 6.45) is 7.60. The van der Waals surface area contributed by atoms with Crippen molar-refractivity contribution in [1.82, 2.24) is 0 Å². The van der Waals surface area contributed by atoms with Crippen molar-refractivity contribution in [2.24, 2.45) is 0 Å². The van der Waals surface area contributed by atoms with Crippen LogP contribution < -0.4 is 5.32 Å². The topological polar surface area (TPSA) is 35.8 Å². The molecule has 1 aliphatic carbocycles. The number of nitrogens with one attached hydrogen (secondary N) is 1. The SMILES string of the molecule is N#CC1(Nc2ccc(F)cc2)CCCCCCC1. The zero-order valence-corrected chi connectivity index (χ0v) is 10.6. The first kappa shape index (κ1) is 12.9. The lowest BCUT2D eigenvalue weighted by molar-refractivity contribution is 0.410. The van der Waals surface area contributed by atoms with E-state index in [1.807, 2.05) is 0 Å². The Hall–Kier alpha value is -1.56. The lowest BCUT2D eigenvalue weighted by Gasteiger charge is -2.30. The maximum absolute atomic E-state index is 12.9. The van der Waals surface area contributed by atoms with Crippen molar-refractivity contribution in [3.05, 3.63) is 30.1 Å². The van der Waals surface area contributed by atoms with E-state index in [4.69, 9.17) is 0 Å². The molecule has 1 aromatic rings. The van der Waals surface area contributed by atoms with E-state index in [-0.39, 0.29) is 5.82 Å². The van der Waals surface area contributed by atoms with E-state index in [0.717, 1.165) is 31.4 Å². The maximum Gasteiger partial charge on any atom is 0.125 e. The molecule has 0 heterocycles. The summed E-state index contributed by atoms with van der Waals surface area (Å²) in [4.78, 5) is 0. The van der Waals surface area contributed by atoms with E-state index in [2.05, 4.69) is 11.4 Å². The number of nitrogens with zero attached hydrogens (tertiary/aromatic N) is 1. The second kappa shape index (κ2) is 5.86. The van der Waals surface area contributed by atoms with Crippen LogP contribution in [0, 0.1) is 17.1 Å². The molecule has 1 aliphatic rings. The minimum Gasteiger partial charge on any atom is -0.367 e. The molecule has 1 fully saturated rings. The molecule has 1 saturated carbocycles. The van der Waals surface area contributed by atoms with Crippen molar-refractivity contribution in [2.45, 2.75) is 50.5 Å². The minimum atomic E-state index is -0.474. The van der Waals surface area contributed by atoms with E-state index in [1.165, 1.54) is 31.4 Å². The van der Waals surface area contributed by atoms with Gasteiger partial charge in [-0.15, -0.1) is 0 Å². The summed E-state index contributed by atoms with van der Waals surface area (Å²) in [5.74, 6) is -0.246. The summed E-state index contributed by atoms with van der Waals surface area (Å²) in [5.41, 5.74) is 0.358. The molecule has 0 radical (unpaired) electrons. The van der Waals surface area contributed by atoms with Gasteiger partial charge in [0.2, 0.25) is 0 Å². The van der Waals surface area contributed by atoms with Crippen LogP contribution in [0.15, 0.2) is 24.3 Å². The van der Waals surface area contributed by atoms with Crippen LogP contribution in [0.25, 0.3) is 0 Å². The molecule has 0 bridgehead atoms. The molecule has 1 aromatic carbocycles. The highest BCUT2D eigenvalue weighted by molar-refractivity contribution is 5.47. The van der Waals surface area contributed by atoms with Crippen molar-refractivity contribution < 1.29 is 4.39 Å². The number of rotatable bonds is 2. The van der Waals surface area contributed by atoms with Crippen LogP contribution in [0.2, 0.25) is 0 Å². The molecule has 0 aliphatic heterocycles. The molecule has 3 heteroatoms. The maximum atomic E-state index is 12.9. The number of halogens is 1. The van der Waals surface area contributed by atoms with Gasteiger partial charge in [0.1, 0.15) is 11.4 Å². The Bertz CT molecular complexity index is 411. The van der Waals surface area contributed by atoms with E-state index >= 15 is 0 Å². The predicted molar refractivity (Wildman–Crippen MR) is 70.7 cm³/mol. The normalized spacial score (nSPS) is 19.3.